The Hall–Kier alpha value is -1.51. The molecule has 1 saturated heterocycles. The van der Waals surface area contributed by atoms with E-state index in [0.717, 1.165) is 43.1 Å². The molecule has 0 unspecified atom stereocenters. The van der Waals surface area contributed by atoms with Crippen LogP contribution in [-0.2, 0) is 0 Å². The van der Waals surface area contributed by atoms with Gasteiger partial charge in [-0.05, 0) is 43.2 Å². The third-order valence-corrected chi connectivity index (χ3v) is 4.44. The van der Waals surface area contributed by atoms with Crippen LogP contribution in [0.25, 0.3) is 0 Å². The van der Waals surface area contributed by atoms with E-state index >= 15 is 0 Å². The van der Waals surface area contributed by atoms with E-state index in [4.69, 9.17) is 0 Å². The number of benzene rings is 1. The molecule has 1 heterocycles. The topological polar surface area (TPSA) is 40.5 Å². The highest BCUT2D eigenvalue weighted by Gasteiger charge is 2.29. The quantitative estimate of drug-likeness (QED) is 0.888. The van der Waals surface area contributed by atoms with Gasteiger partial charge in [0, 0.05) is 13.1 Å². The number of piperidine rings is 1. The number of aryl methyl sites for hydroxylation is 1. The van der Waals surface area contributed by atoms with Crippen LogP contribution in [-0.4, -0.2) is 24.2 Å². The van der Waals surface area contributed by atoms with Crippen LogP contribution in [0.1, 0.15) is 49.5 Å². The van der Waals surface area contributed by atoms with Crippen molar-refractivity contribution in [1.29, 1.82) is 0 Å². The first-order valence-corrected chi connectivity index (χ1v) is 7.38. The number of hydrogen-bond donors (Lipinski definition) is 1. The molecule has 1 aliphatic heterocycles. The molecule has 1 fully saturated rings. The minimum absolute atomic E-state index is 0.342. The van der Waals surface area contributed by atoms with Crippen LogP contribution in [0, 0.1) is 18.3 Å². The molecule has 0 bridgehead atoms. The summed E-state index contributed by atoms with van der Waals surface area (Å²) in [7, 11) is 0. The number of hydrogen-bond acceptors (Lipinski definition) is 2. The lowest BCUT2D eigenvalue weighted by molar-refractivity contribution is 0.0697. The zero-order valence-corrected chi connectivity index (χ0v) is 12.9. The van der Waals surface area contributed by atoms with Gasteiger partial charge < -0.3 is 10.0 Å². The molecular weight excluding hydrogens is 250 g/mol. The average Bonchev–Trinajstić information content (AvgIpc) is 2.37. The molecule has 0 atom stereocenters. The summed E-state index contributed by atoms with van der Waals surface area (Å²) in [5.41, 5.74) is 2.64. The fourth-order valence-electron chi connectivity index (χ4n) is 3.08. The lowest BCUT2D eigenvalue weighted by Crippen LogP contribution is -2.38. The van der Waals surface area contributed by atoms with Crippen LogP contribution < -0.4 is 4.90 Å². The van der Waals surface area contributed by atoms with Gasteiger partial charge in [0.2, 0.25) is 0 Å². The van der Waals surface area contributed by atoms with Gasteiger partial charge in [0.1, 0.15) is 0 Å². The first kappa shape index (κ1) is 14.9. The summed E-state index contributed by atoms with van der Waals surface area (Å²) >= 11 is 0. The Kier molecular flexibility index (Phi) is 4.07. The van der Waals surface area contributed by atoms with E-state index in [1.165, 1.54) is 0 Å². The SMILES string of the molecule is Cc1ccc(N2CCC(C(C)(C)C)CC2)c(C(=O)O)c1. The molecule has 3 heteroatoms. The van der Waals surface area contributed by atoms with Crippen molar-refractivity contribution in [3.8, 4) is 0 Å². The van der Waals surface area contributed by atoms with E-state index in [2.05, 4.69) is 25.7 Å². The number of carbonyl (C=O) groups is 1. The molecule has 2 rings (SSSR count). The van der Waals surface area contributed by atoms with E-state index in [1.54, 1.807) is 6.07 Å². The van der Waals surface area contributed by atoms with Crippen molar-refractivity contribution in [2.75, 3.05) is 18.0 Å². The monoisotopic (exact) mass is 275 g/mol. The van der Waals surface area contributed by atoms with Crippen molar-refractivity contribution in [1.82, 2.24) is 0 Å². The van der Waals surface area contributed by atoms with Crippen molar-refractivity contribution in [2.24, 2.45) is 11.3 Å². The van der Waals surface area contributed by atoms with Gasteiger partial charge in [-0.25, -0.2) is 4.79 Å². The minimum Gasteiger partial charge on any atom is -0.478 e. The second-order valence-electron chi connectivity index (χ2n) is 6.95. The van der Waals surface area contributed by atoms with Gasteiger partial charge in [-0.1, -0.05) is 32.4 Å². The summed E-state index contributed by atoms with van der Waals surface area (Å²) < 4.78 is 0. The van der Waals surface area contributed by atoms with Gasteiger partial charge in [0.05, 0.1) is 11.3 Å². The van der Waals surface area contributed by atoms with Crippen molar-refractivity contribution >= 4 is 11.7 Å². The summed E-state index contributed by atoms with van der Waals surface area (Å²) in [6.07, 6.45) is 2.27. The molecular formula is C17H25NO2. The van der Waals surface area contributed by atoms with E-state index in [0.29, 0.717) is 11.0 Å². The molecule has 0 aromatic heterocycles. The first-order valence-electron chi connectivity index (χ1n) is 7.38. The second-order valence-corrected chi connectivity index (χ2v) is 6.95. The van der Waals surface area contributed by atoms with Gasteiger partial charge in [-0.15, -0.1) is 0 Å². The Bertz CT molecular complexity index is 494. The Morgan fingerprint density at radius 2 is 1.85 bits per heavy atom. The molecule has 0 amide bonds. The fraction of sp³-hybridized carbons (Fsp3) is 0.588. The predicted octanol–water partition coefficient (Wildman–Crippen LogP) is 3.96. The molecule has 1 aromatic rings. The van der Waals surface area contributed by atoms with Gasteiger partial charge in [0.15, 0.2) is 0 Å². The van der Waals surface area contributed by atoms with E-state index < -0.39 is 5.97 Å². The number of nitrogens with zero attached hydrogens (tertiary/aromatic N) is 1. The molecule has 0 radical (unpaired) electrons. The third-order valence-electron chi connectivity index (χ3n) is 4.44. The maximum atomic E-state index is 11.4. The lowest BCUT2D eigenvalue weighted by Gasteiger charge is -2.40. The number of anilines is 1. The van der Waals surface area contributed by atoms with E-state index in [9.17, 15) is 9.90 Å². The van der Waals surface area contributed by atoms with Gasteiger partial charge in [0.25, 0.3) is 0 Å². The molecule has 0 aliphatic carbocycles. The van der Waals surface area contributed by atoms with Gasteiger partial charge in [-0.3, -0.25) is 0 Å². The summed E-state index contributed by atoms with van der Waals surface area (Å²) in [6, 6.07) is 5.72. The highest BCUT2D eigenvalue weighted by Crippen LogP contribution is 2.36. The summed E-state index contributed by atoms with van der Waals surface area (Å²) in [4.78, 5) is 13.6. The first-order chi connectivity index (χ1) is 9.29. The summed E-state index contributed by atoms with van der Waals surface area (Å²) in [6.45, 7) is 10.7. The minimum atomic E-state index is -0.832. The number of aromatic carboxylic acids is 1. The van der Waals surface area contributed by atoms with Crippen LogP contribution in [0.15, 0.2) is 18.2 Å². The highest BCUT2D eigenvalue weighted by atomic mass is 16.4. The molecule has 3 nitrogen and oxygen atoms in total. The molecule has 1 aromatic carbocycles. The van der Waals surface area contributed by atoms with Crippen LogP contribution in [0.4, 0.5) is 5.69 Å². The standard InChI is InChI=1S/C17H25NO2/c1-12-5-6-15(14(11-12)16(19)20)18-9-7-13(8-10-18)17(2,3)4/h5-6,11,13H,7-10H2,1-4H3,(H,19,20). The van der Waals surface area contributed by atoms with Crippen LogP contribution in [0.3, 0.4) is 0 Å². The smallest absolute Gasteiger partial charge is 0.337 e. The van der Waals surface area contributed by atoms with Crippen molar-refractivity contribution < 1.29 is 9.90 Å². The van der Waals surface area contributed by atoms with Crippen LogP contribution >= 0.6 is 0 Å². The largest absolute Gasteiger partial charge is 0.478 e. The second kappa shape index (κ2) is 5.47. The zero-order valence-electron chi connectivity index (χ0n) is 12.9. The average molecular weight is 275 g/mol. The van der Waals surface area contributed by atoms with Crippen LogP contribution in [0.5, 0.6) is 0 Å². The number of rotatable bonds is 2. The Morgan fingerprint density at radius 3 is 2.35 bits per heavy atom. The molecule has 1 aliphatic rings. The number of carboxylic acid groups (broad SMARTS) is 1. The van der Waals surface area contributed by atoms with Gasteiger partial charge >= 0.3 is 5.97 Å². The van der Waals surface area contributed by atoms with Crippen molar-refractivity contribution in [3.63, 3.8) is 0 Å². The zero-order chi connectivity index (χ0) is 14.9. The molecule has 110 valence electrons. The van der Waals surface area contributed by atoms with Crippen molar-refractivity contribution in [2.45, 2.75) is 40.5 Å². The maximum absolute atomic E-state index is 11.4. The molecule has 0 spiro atoms. The highest BCUT2D eigenvalue weighted by molar-refractivity contribution is 5.94. The Balaban J connectivity index is 2.17. The maximum Gasteiger partial charge on any atom is 0.337 e. The van der Waals surface area contributed by atoms with Crippen LogP contribution in [0.2, 0.25) is 0 Å². The van der Waals surface area contributed by atoms with Gasteiger partial charge in [-0.2, -0.15) is 0 Å². The molecule has 1 N–H and O–H groups in total. The normalized spacial score (nSPS) is 17.3. The molecule has 0 saturated carbocycles. The lowest BCUT2D eigenvalue weighted by atomic mass is 9.75. The summed E-state index contributed by atoms with van der Waals surface area (Å²) in [5, 5.41) is 9.38. The summed E-state index contributed by atoms with van der Waals surface area (Å²) in [5.74, 6) is -0.112. The third kappa shape index (κ3) is 3.14. The van der Waals surface area contributed by atoms with E-state index in [1.807, 2.05) is 19.1 Å². The predicted molar refractivity (Wildman–Crippen MR) is 82.5 cm³/mol. The van der Waals surface area contributed by atoms with Crippen molar-refractivity contribution in [3.05, 3.63) is 29.3 Å². The van der Waals surface area contributed by atoms with E-state index in [-0.39, 0.29) is 0 Å². The molecule has 20 heavy (non-hydrogen) atoms. The Morgan fingerprint density at radius 1 is 1.25 bits per heavy atom. The number of carboxylic acids is 1. The fourth-order valence-corrected chi connectivity index (χ4v) is 3.08. The Labute approximate surface area is 121 Å².